The van der Waals surface area contributed by atoms with E-state index in [1.165, 1.54) is 11.3 Å². The van der Waals surface area contributed by atoms with Crippen LogP contribution in [0.25, 0.3) is 0 Å². The van der Waals surface area contributed by atoms with E-state index in [0.717, 1.165) is 36.0 Å². The van der Waals surface area contributed by atoms with Gasteiger partial charge in [-0.3, -0.25) is 4.68 Å². The van der Waals surface area contributed by atoms with Crippen molar-refractivity contribution >= 4 is 21.7 Å². The van der Waals surface area contributed by atoms with Gasteiger partial charge in [-0.25, -0.2) is 4.98 Å². The van der Waals surface area contributed by atoms with Crippen molar-refractivity contribution in [3.8, 4) is 0 Å². The van der Waals surface area contributed by atoms with Gasteiger partial charge in [0.2, 0.25) is 0 Å². The summed E-state index contributed by atoms with van der Waals surface area (Å²) in [6.45, 7) is 5.14. The van der Waals surface area contributed by atoms with Crippen LogP contribution in [0.3, 0.4) is 0 Å². The SMILES string of the molecule is CCc1nn(CC)c(CCc2ccnc(N)c2)c1Br. The Kier molecular flexibility index (Phi) is 4.58. The van der Waals surface area contributed by atoms with Crippen LogP contribution in [0.15, 0.2) is 22.8 Å². The van der Waals surface area contributed by atoms with Crippen molar-refractivity contribution in [3.05, 3.63) is 39.8 Å². The fourth-order valence-electron chi connectivity index (χ4n) is 2.17. The Hall–Kier alpha value is -1.36. The third-order valence-corrected chi connectivity index (χ3v) is 4.11. The molecule has 0 saturated carbocycles. The number of aryl methyl sites for hydroxylation is 3. The standard InChI is InChI=1S/C14H19BrN4/c1-3-11-14(15)12(19(4-2)18-11)6-5-10-7-8-17-13(16)9-10/h7-9H,3-6H2,1-2H3,(H2,16,17). The number of nitrogens with two attached hydrogens (primary N) is 1. The molecular formula is C14H19BrN4. The molecule has 0 aliphatic carbocycles. The van der Waals surface area contributed by atoms with E-state index in [4.69, 9.17) is 5.73 Å². The lowest BCUT2D eigenvalue weighted by molar-refractivity contribution is 0.610. The number of aromatic nitrogens is 3. The zero-order valence-electron chi connectivity index (χ0n) is 11.4. The molecule has 19 heavy (non-hydrogen) atoms. The summed E-state index contributed by atoms with van der Waals surface area (Å²) in [6.07, 6.45) is 4.60. The van der Waals surface area contributed by atoms with Crippen molar-refractivity contribution in [3.63, 3.8) is 0 Å². The largest absolute Gasteiger partial charge is 0.384 e. The molecule has 2 aromatic rings. The molecule has 2 rings (SSSR count). The van der Waals surface area contributed by atoms with Crippen molar-refractivity contribution in [1.82, 2.24) is 14.8 Å². The summed E-state index contributed by atoms with van der Waals surface area (Å²) >= 11 is 3.67. The first-order valence-electron chi connectivity index (χ1n) is 6.60. The van der Waals surface area contributed by atoms with Crippen LogP contribution in [-0.2, 0) is 25.8 Å². The maximum absolute atomic E-state index is 5.70. The van der Waals surface area contributed by atoms with Gasteiger partial charge in [0.1, 0.15) is 5.82 Å². The number of rotatable bonds is 5. The molecule has 0 radical (unpaired) electrons. The van der Waals surface area contributed by atoms with E-state index < -0.39 is 0 Å². The molecule has 0 saturated heterocycles. The van der Waals surface area contributed by atoms with Gasteiger partial charge in [-0.05, 0) is 59.8 Å². The quantitative estimate of drug-likeness (QED) is 0.920. The van der Waals surface area contributed by atoms with E-state index in [1.54, 1.807) is 6.20 Å². The summed E-state index contributed by atoms with van der Waals surface area (Å²) in [5.41, 5.74) is 9.30. The molecule has 0 fully saturated rings. The molecule has 0 aliphatic heterocycles. The number of anilines is 1. The van der Waals surface area contributed by atoms with Gasteiger partial charge in [0.05, 0.1) is 15.9 Å². The first-order chi connectivity index (χ1) is 9.15. The van der Waals surface area contributed by atoms with Crippen LogP contribution in [-0.4, -0.2) is 14.8 Å². The van der Waals surface area contributed by atoms with Crippen LogP contribution < -0.4 is 5.73 Å². The van der Waals surface area contributed by atoms with Gasteiger partial charge < -0.3 is 5.73 Å². The molecule has 0 amide bonds. The van der Waals surface area contributed by atoms with E-state index in [2.05, 4.69) is 44.5 Å². The van der Waals surface area contributed by atoms with Gasteiger partial charge in [0.25, 0.3) is 0 Å². The predicted octanol–water partition coefficient (Wildman–Crippen LogP) is 2.99. The average Bonchev–Trinajstić information content (AvgIpc) is 2.72. The topological polar surface area (TPSA) is 56.7 Å². The van der Waals surface area contributed by atoms with E-state index in [0.29, 0.717) is 5.82 Å². The Bertz CT molecular complexity index is 563. The Labute approximate surface area is 122 Å². The highest BCUT2D eigenvalue weighted by Gasteiger charge is 2.13. The second-order valence-electron chi connectivity index (χ2n) is 4.47. The Balaban J connectivity index is 2.17. The molecule has 2 heterocycles. The number of pyridine rings is 1. The third kappa shape index (κ3) is 3.15. The first-order valence-corrected chi connectivity index (χ1v) is 7.39. The van der Waals surface area contributed by atoms with Crippen LogP contribution in [0.2, 0.25) is 0 Å². The fraction of sp³-hybridized carbons (Fsp3) is 0.429. The molecule has 2 N–H and O–H groups in total. The maximum Gasteiger partial charge on any atom is 0.123 e. The predicted molar refractivity (Wildman–Crippen MR) is 81.0 cm³/mol. The van der Waals surface area contributed by atoms with Gasteiger partial charge in [0.15, 0.2) is 0 Å². The van der Waals surface area contributed by atoms with Crippen molar-refractivity contribution < 1.29 is 0 Å². The molecular weight excluding hydrogens is 304 g/mol. The van der Waals surface area contributed by atoms with E-state index >= 15 is 0 Å². The summed E-state index contributed by atoms with van der Waals surface area (Å²) in [5.74, 6) is 0.579. The summed E-state index contributed by atoms with van der Waals surface area (Å²) in [6, 6.07) is 3.94. The van der Waals surface area contributed by atoms with Crippen LogP contribution in [0.5, 0.6) is 0 Å². The van der Waals surface area contributed by atoms with Gasteiger partial charge in [-0.15, -0.1) is 0 Å². The summed E-state index contributed by atoms with van der Waals surface area (Å²) in [7, 11) is 0. The molecule has 4 nitrogen and oxygen atoms in total. The number of nitrogens with zero attached hydrogens (tertiary/aromatic N) is 3. The Morgan fingerprint density at radius 1 is 1.32 bits per heavy atom. The third-order valence-electron chi connectivity index (χ3n) is 3.19. The smallest absolute Gasteiger partial charge is 0.123 e. The molecule has 0 spiro atoms. The van der Waals surface area contributed by atoms with Gasteiger partial charge in [0, 0.05) is 12.7 Å². The number of hydrogen-bond donors (Lipinski definition) is 1. The molecule has 0 atom stereocenters. The zero-order chi connectivity index (χ0) is 13.8. The monoisotopic (exact) mass is 322 g/mol. The zero-order valence-corrected chi connectivity index (χ0v) is 12.9. The number of nitrogen functional groups attached to an aromatic ring is 1. The van der Waals surface area contributed by atoms with Crippen LogP contribution in [0.4, 0.5) is 5.82 Å². The minimum absolute atomic E-state index is 0.579. The number of halogens is 1. The van der Waals surface area contributed by atoms with Crippen LogP contribution in [0.1, 0.15) is 30.8 Å². The molecule has 0 unspecified atom stereocenters. The van der Waals surface area contributed by atoms with Gasteiger partial charge in [-0.1, -0.05) is 6.92 Å². The summed E-state index contributed by atoms with van der Waals surface area (Å²) in [5, 5.41) is 4.61. The lowest BCUT2D eigenvalue weighted by Gasteiger charge is -2.06. The molecule has 2 aromatic heterocycles. The average molecular weight is 323 g/mol. The minimum atomic E-state index is 0.579. The Morgan fingerprint density at radius 2 is 2.11 bits per heavy atom. The van der Waals surface area contributed by atoms with Crippen LogP contribution in [0, 0.1) is 0 Å². The second-order valence-corrected chi connectivity index (χ2v) is 5.26. The van der Waals surface area contributed by atoms with Gasteiger partial charge >= 0.3 is 0 Å². The fourth-order valence-corrected chi connectivity index (χ4v) is 2.93. The second kappa shape index (κ2) is 6.19. The van der Waals surface area contributed by atoms with Crippen molar-refractivity contribution in [2.24, 2.45) is 0 Å². The van der Waals surface area contributed by atoms with Crippen molar-refractivity contribution in [2.45, 2.75) is 39.7 Å². The molecule has 0 aromatic carbocycles. The molecule has 0 bridgehead atoms. The minimum Gasteiger partial charge on any atom is -0.384 e. The highest BCUT2D eigenvalue weighted by atomic mass is 79.9. The van der Waals surface area contributed by atoms with E-state index in [-0.39, 0.29) is 0 Å². The molecule has 0 aliphatic rings. The van der Waals surface area contributed by atoms with Gasteiger partial charge in [-0.2, -0.15) is 5.10 Å². The Morgan fingerprint density at radius 3 is 2.74 bits per heavy atom. The lowest BCUT2D eigenvalue weighted by atomic mass is 10.1. The van der Waals surface area contributed by atoms with Crippen molar-refractivity contribution in [2.75, 3.05) is 5.73 Å². The molecule has 5 heteroatoms. The summed E-state index contributed by atoms with van der Waals surface area (Å²) < 4.78 is 3.23. The highest BCUT2D eigenvalue weighted by molar-refractivity contribution is 9.10. The van der Waals surface area contributed by atoms with Crippen molar-refractivity contribution in [1.29, 1.82) is 0 Å². The van der Waals surface area contributed by atoms with E-state index in [9.17, 15) is 0 Å². The highest BCUT2D eigenvalue weighted by Crippen LogP contribution is 2.23. The van der Waals surface area contributed by atoms with Crippen LogP contribution >= 0.6 is 15.9 Å². The lowest BCUT2D eigenvalue weighted by Crippen LogP contribution is -2.05. The van der Waals surface area contributed by atoms with E-state index in [1.807, 2.05) is 12.1 Å². The first kappa shape index (κ1) is 14.1. The number of hydrogen-bond acceptors (Lipinski definition) is 3. The normalized spacial score (nSPS) is 10.9. The summed E-state index contributed by atoms with van der Waals surface area (Å²) in [4.78, 5) is 4.01. The maximum atomic E-state index is 5.70. The molecule has 102 valence electrons.